The molecule has 0 saturated carbocycles. The fourth-order valence-corrected chi connectivity index (χ4v) is 2.31. The molecule has 0 saturated heterocycles. The average Bonchev–Trinajstić information content (AvgIpc) is 2.72. The first-order chi connectivity index (χ1) is 9.43. The second kappa shape index (κ2) is 5.36. The molecule has 2 rings (SSSR count). The summed E-state index contributed by atoms with van der Waals surface area (Å²) in [6.45, 7) is 4.03. The van der Waals surface area contributed by atoms with E-state index in [1.165, 1.54) is 0 Å². The molecule has 1 N–H and O–H groups in total. The lowest BCUT2D eigenvalue weighted by atomic mass is 9.99. The number of methoxy groups -OCH3 is 1. The Bertz CT molecular complexity index is 659. The van der Waals surface area contributed by atoms with Gasteiger partial charge in [-0.15, -0.1) is 0 Å². The molecule has 5 heteroatoms. The van der Waals surface area contributed by atoms with Crippen molar-refractivity contribution in [3.63, 3.8) is 0 Å². The minimum absolute atomic E-state index is 0.0674. The number of benzene rings is 1. The Balaban J connectivity index is 2.49. The highest BCUT2D eigenvalue weighted by atomic mass is 16.5. The van der Waals surface area contributed by atoms with Crippen LogP contribution in [0.2, 0.25) is 0 Å². The SMILES string of the molecule is COc1ccc(-c2cc(CC(=O)O)nn2C)c(C)c1C. The number of aromatic nitrogens is 2. The Morgan fingerprint density at radius 3 is 2.65 bits per heavy atom. The van der Waals surface area contributed by atoms with Crippen molar-refractivity contribution in [1.82, 2.24) is 9.78 Å². The average molecular weight is 274 g/mol. The Kier molecular flexibility index (Phi) is 3.79. The lowest BCUT2D eigenvalue weighted by Gasteiger charge is -2.12. The van der Waals surface area contributed by atoms with Crippen LogP contribution in [-0.4, -0.2) is 28.0 Å². The smallest absolute Gasteiger partial charge is 0.309 e. The zero-order chi connectivity index (χ0) is 14.9. The molecule has 1 heterocycles. The number of carboxylic acid groups (broad SMARTS) is 1. The minimum Gasteiger partial charge on any atom is -0.496 e. The van der Waals surface area contributed by atoms with E-state index in [0.29, 0.717) is 5.69 Å². The number of nitrogens with zero attached hydrogens (tertiary/aromatic N) is 2. The van der Waals surface area contributed by atoms with Gasteiger partial charge >= 0.3 is 5.97 Å². The fraction of sp³-hybridized carbons (Fsp3) is 0.333. The molecule has 1 aromatic carbocycles. The molecule has 0 radical (unpaired) electrons. The Hall–Kier alpha value is -2.30. The van der Waals surface area contributed by atoms with Crippen LogP contribution in [0.15, 0.2) is 18.2 Å². The van der Waals surface area contributed by atoms with Crippen LogP contribution in [0, 0.1) is 13.8 Å². The maximum atomic E-state index is 10.8. The van der Waals surface area contributed by atoms with Crippen molar-refractivity contribution in [2.45, 2.75) is 20.3 Å². The summed E-state index contributed by atoms with van der Waals surface area (Å²) in [6.07, 6.45) is -0.0674. The van der Waals surface area contributed by atoms with E-state index in [-0.39, 0.29) is 6.42 Å². The first kappa shape index (κ1) is 14.1. The van der Waals surface area contributed by atoms with Gasteiger partial charge in [0.25, 0.3) is 0 Å². The fourth-order valence-electron chi connectivity index (χ4n) is 2.31. The topological polar surface area (TPSA) is 64.3 Å². The summed E-state index contributed by atoms with van der Waals surface area (Å²) in [5.74, 6) is -0.0311. The van der Waals surface area contributed by atoms with Crippen molar-refractivity contribution in [3.05, 3.63) is 35.0 Å². The minimum atomic E-state index is -0.878. The van der Waals surface area contributed by atoms with Crippen LogP contribution in [0.1, 0.15) is 16.8 Å². The summed E-state index contributed by atoms with van der Waals surface area (Å²) in [7, 11) is 3.47. The van der Waals surface area contributed by atoms with Gasteiger partial charge in [-0.25, -0.2) is 0 Å². The molecule has 0 amide bonds. The lowest BCUT2D eigenvalue weighted by molar-refractivity contribution is -0.136. The van der Waals surface area contributed by atoms with Crippen LogP contribution in [0.3, 0.4) is 0 Å². The quantitative estimate of drug-likeness (QED) is 0.929. The van der Waals surface area contributed by atoms with Gasteiger partial charge in [0.2, 0.25) is 0 Å². The molecule has 0 atom stereocenters. The van der Waals surface area contributed by atoms with Gasteiger partial charge in [0.05, 0.1) is 24.9 Å². The first-order valence-electron chi connectivity index (χ1n) is 6.33. The van der Waals surface area contributed by atoms with Gasteiger partial charge in [-0.05, 0) is 43.2 Å². The van der Waals surface area contributed by atoms with E-state index in [1.807, 2.05) is 39.1 Å². The van der Waals surface area contributed by atoms with Gasteiger partial charge in [0, 0.05) is 12.6 Å². The summed E-state index contributed by atoms with van der Waals surface area (Å²) in [6, 6.07) is 5.71. The molecule has 2 aromatic rings. The van der Waals surface area contributed by atoms with Gasteiger partial charge in [-0.1, -0.05) is 0 Å². The third kappa shape index (κ3) is 2.52. The molecule has 0 aliphatic carbocycles. The van der Waals surface area contributed by atoms with Gasteiger partial charge in [-0.2, -0.15) is 5.10 Å². The van der Waals surface area contributed by atoms with Gasteiger partial charge < -0.3 is 9.84 Å². The van der Waals surface area contributed by atoms with Crippen molar-refractivity contribution >= 4 is 5.97 Å². The normalized spacial score (nSPS) is 10.6. The molecule has 0 spiro atoms. The molecule has 0 aliphatic rings. The van der Waals surface area contributed by atoms with E-state index in [2.05, 4.69) is 5.10 Å². The number of rotatable bonds is 4. The monoisotopic (exact) mass is 274 g/mol. The third-order valence-corrected chi connectivity index (χ3v) is 3.50. The zero-order valence-corrected chi connectivity index (χ0v) is 12.1. The van der Waals surface area contributed by atoms with E-state index in [9.17, 15) is 4.79 Å². The lowest BCUT2D eigenvalue weighted by Crippen LogP contribution is -2.01. The summed E-state index contributed by atoms with van der Waals surface area (Å²) in [4.78, 5) is 10.8. The maximum Gasteiger partial charge on any atom is 0.309 e. The largest absolute Gasteiger partial charge is 0.496 e. The zero-order valence-electron chi connectivity index (χ0n) is 12.1. The van der Waals surface area contributed by atoms with Crippen LogP contribution in [-0.2, 0) is 18.3 Å². The summed E-state index contributed by atoms with van der Waals surface area (Å²) in [5.41, 5.74) is 4.68. The third-order valence-electron chi connectivity index (χ3n) is 3.50. The van der Waals surface area contributed by atoms with Crippen LogP contribution in [0.4, 0.5) is 0 Å². The molecule has 106 valence electrons. The maximum absolute atomic E-state index is 10.8. The molecule has 5 nitrogen and oxygen atoms in total. The van der Waals surface area contributed by atoms with Crippen LogP contribution >= 0.6 is 0 Å². The molecule has 0 aliphatic heterocycles. The van der Waals surface area contributed by atoms with E-state index < -0.39 is 5.97 Å². The second-order valence-corrected chi connectivity index (χ2v) is 4.78. The van der Waals surface area contributed by atoms with E-state index in [0.717, 1.165) is 28.1 Å². The van der Waals surface area contributed by atoms with Crippen LogP contribution in [0.25, 0.3) is 11.3 Å². The Morgan fingerprint density at radius 2 is 2.05 bits per heavy atom. The van der Waals surface area contributed by atoms with Crippen LogP contribution < -0.4 is 4.74 Å². The molecular weight excluding hydrogens is 256 g/mol. The molecule has 0 bridgehead atoms. The van der Waals surface area contributed by atoms with E-state index in [4.69, 9.17) is 9.84 Å². The molecule has 1 aromatic heterocycles. The second-order valence-electron chi connectivity index (χ2n) is 4.78. The molecule has 0 unspecified atom stereocenters. The van der Waals surface area contributed by atoms with Crippen molar-refractivity contribution < 1.29 is 14.6 Å². The standard InChI is InChI=1S/C15H18N2O3/c1-9-10(2)14(20-4)6-5-12(9)13-7-11(8-15(18)19)16-17(13)3/h5-7H,8H2,1-4H3,(H,18,19). The number of carbonyl (C=O) groups is 1. The molecule has 20 heavy (non-hydrogen) atoms. The highest BCUT2D eigenvalue weighted by Gasteiger charge is 2.14. The van der Waals surface area contributed by atoms with Crippen molar-refractivity contribution in [2.75, 3.05) is 7.11 Å². The van der Waals surface area contributed by atoms with Crippen molar-refractivity contribution in [3.8, 4) is 17.0 Å². The number of carboxylic acids is 1. The highest BCUT2D eigenvalue weighted by molar-refractivity contribution is 5.72. The van der Waals surface area contributed by atoms with Crippen LogP contribution in [0.5, 0.6) is 5.75 Å². The van der Waals surface area contributed by atoms with Gasteiger partial charge in [0.1, 0.15) is 5.75 Å². The van der Waals surface area contributed by atoms with Crippen molar-refractivity contribution in [1.29, 1.82) is 0 Å². The number of aliphatic carboxylic acids is 1. The number of aryl methyl sites for hydroxylation is 1. The van der Waals surface area contributed by atoms with E-state index >= 15 is 0 Å². The van der Waals surface area contributed by atoms with Gasteiger partial charge in [0.15, 0.2) is 0 Å². The first-order valence-corrected chi connectivity index (χ1v) is 6.33. The Labute approximate surface area is 117 Å². The number of hydrogen-bond donors (Lipinski definition) is 1. The number of hydrogen-bond acceptors (Lipinski definition) is 3. The predicted molar refractivity (Wildman–Crippen MR) is 76.0 cm³/mol. The van der Waals surface area contributed by atoms with Gasteiger partial charge in [-0.3, -0.25) is 9.48 Å². The molecule has 0 fully saturated rings. The Morgan fingerprint density at radius 1 is 1.35 bits per heavy atom. The number of ether oxygens (including phenoxy) is 1. The summed E-state index contributed by atoms with van der Waals surface area (Å²) < 4.78 is 7.02. The highest BCUT2D eigenvalue weighted by Crippen LogP contribution is 2.31. The summed E-state index contributed by atoms with van der Waals surface area (Å²) in [5, 5.41) is 13.1. The van der Waals surface area contributed by atoms with E-state index in [1.54, 1.807) is 11.8 Å². The van der Waals surface area contributed by atoms with Crippen molar-refractivity contribution in [2.24, 2.45) is 7.05 Å². The summed E-state index contributed by atoms with van der Waals surface area (Å²) >= 11 is 0. The predicted octanol–water partition coefficient (Wildman–Crippen LogP) is 2.34. The molecular formula is C15H18N2O3.